The molecule has 0 saturated carbocycles. The molecule has 0 amide bonds. The van der Waals surface area contributed by atoms with Crippen molar-refractivity contribution in [1.29, 1.82) is 0 Å². The molecule has 0 aliphatic carbocycles. The second-order valence-corrected chi connectivity index (χ2v) is 5.25. The third-order valence-corrected chi connectivity index (χ3v) is 3.88. The van der Waals surface area contributed by atoms with Gasteiger partial charge in [-0.1, -0.05) is 13.3 Å². The highest BCUT2D eigenvalue weighted by molar-refractivity contribution is 5.85. The Morgan fingerprint density at radius 2 is 2.10 bits per heavy atom. The lowest BCUT2D eigenvalue weighted by Crippen LogP contribution is -2.33. The molecule has 0 spiro atoms. The number of piperidine rings is 1. The molecule has 1 aliphatic rings. The molecule has 0 unspecified atom stereocenters. The molecular weight excluding hydrogens is 257 g/mol. The van der Waals surface area contributed by atoms with E-state index in [2.05, 4.69) is 11.8 Å². The SMILES string of the molecule is CCC1CCN(c2cc(F)cc(/C=C/C(=O)O)c2)CC1. The van der Waals surface area contributed by atoms with E-state index in [-0.39, 0.29) is 5.82 Å². The molecule has 20 heavy (non-hydrogen) atoms. The predicted molar refractivity (Wildman–Crippen MR) is 78.3 cm³/mol. The monoisotopic (exact) mass is 277 g/mol. The van der Waals surface area contributed by atoms with Gasteiger partial charge in [0, 0.05) is 24.9 Å². The van der Waals surface area contributed by atoms with Crippen molar-refractivity contribution in [2.45, 2.75) is 26.2 Å². The Labute approximate surface area is 118 Å². The molecule has 2 rings (SSSR count). The van der Waals surface area contributed by atoms with Gasteiger partial charge in [0.05, 0.1) is 0 Å². The van der Waals surface area contributed by atoms with Crippen LogP contribution in [0.15, 0.2) is 24.3 Å². The first-order valence-corrected chi connectivity index (χ1v) is 7.05. The van der Waals surface area contributed by atoms with Gasteiger partial charge < -0.3 is 10.0 Å². The maximum Gasteiger partial charge on any atom is 0.328 e. The van der Waals surface area contributed by atoms with Crippen LogP contribution < -0.4 is 4.90 Å². The van der Waals surface area contributed by atoms with E-state index in [1.165, 1.54) is 24.6 Å². The fourth-order valence-corrected chi connectivity index (χ4v) is 2.64. The topological polar surface area (TPSA) is 40.5 Å². The van der Waals surface area contributed by atoms with Gasteiger partial charge in [-0.3, -0.25) is 0 Å². The van der Waals surface area contributed by atoms with Crippen molar-refractivity contribution in [1.82, 2.24) is 0 Å². The first kappa shape index (κ1) is 14.6. The van der Waals surface area contributed by atoms with Gasteiger partial charge in [-0.25, -0.2) is 9.18 Å². The van der Waals surface area contributed by atoms with Gasteiger partial charge in [0.1, 0.15) is 5.82 Å². The van der Waals surface area contributed by atoms with Gasteiger partial charge in [0.2, 0.25) is 0 Å². The van der Waals surface area contributed by atoms with Crippen molar-refractivity contribution in [2.24, 2.45) is 5.92 Å². The highest BCUT2D eigenvalue weighted by Crippen LogP contribution is 2.26. The molecule has 1 fully saturated rings. The Morgan fingerprint density at radius 1 is 1.40 bits per heavy atom. The summed E-state index contributed by atoms with van der Waals surface area (Å²) in [6.45, 7) is 4.07. The number of benzene rings is 1. The number of hydrogen-bond acceptors (Lipinski definition) is 2. The minimum Gasteiger partial charge on any atom is -0.478 e. The molecule has 1 N–H and O–H groups in total. The summed E-state index contributed by atoms with van der Waals surface area (Å²) >= 11 is 0. The Hall–Kier alpha value is -1.84. The van der Waals surface area contributed by atoms with Crippen molar-refractivity contribution < 1.29 is 14.3 Å². The third-order valence-electron chi connectivity index (χ3n) is 3.88. The number of anilines is 1. The first-order valence-electron chi connectivity index (χ1n) is 7.05. The molecule has 0 aromatic heterocycles. The maximum absolute atomic E-state index is 13.6. The molecule has 1 heterocycles. The fraction of sp³-hybridized carbons (Fsp3) is 0.438. The molecule has 0 atom stereocenters. The van der Waals surface area contributed by atoms with Gasteiger partial charge in [-0.2, -0.15) is 0 Å². The van der Waals surface area contributed by atoms with Gasteiger partial charge in [0.15, 0.2) is 0 Å². The smallest absolute Gasteiger partial charge is 0.328 e. The number of carboxylic acids is 1. The Bertz CT molecular complexity index is 505. The summed E-state index contributed by atoms with van der Waals surface area (Å²) in [6, 6.07) is 4.71. The van der Waals surface area contributed by atoms with Crippen LogP contribution in [0.4, 0.5) is 10.1 Å². The second kappa shape index (κ2) is 6.55. The largest absolute Gasteiger partial charge is 0.478 e. The number of hydrogen-bond donors (Lipinski definition) is 1. The van der Waals surface area contributed by atoms with E-state index in [9.17, 15) is 9.18 Å². The minimum absolute atomic E-state index is 0.329. The second-order valence-electron chi connectivity index (χ2n) is 5.25. The van der Waals surface area contributed by atoms with Gasteiger partial charge >= 0.3 is 5.97 Å². The fourth-order valence-electron chi connectivity index (χ4n) is 2.64. The van der Waals surface area contributed by atoms with Crippen LogP contribution in [-0.2, 0) is 4.79 Å². The number of carboxylic acid groups (broad SMARTS) is 1. The molecular formula is C16H20FNO2. The summed E-state index contributed by atoms with van der Waals surface area (Å²) in [5, 5.41) is 8.63. The lowest BCUT2D eigenvalue weighted by Gasteiger charge is -2.33. The lowest BCUT2D eigenvalue weighted by atomic mass is 9.94. The van der Waals surface area contributed by atoms with Crippen molar-refractivity contribution in [3.63, 3.8) is 0 Å². The Morgan fingerprint density at radius 3 is 2.70 bits per heavy atom. The Kier molecular flexibility index (Phi) is 4.77. The van der Waals surface area contributed by atoms with Crippen LogP contribution in [-0.4, -0.2) is 24.2 Å². The number of rotatable bonds is 4. The van der Waals surface area contributed by atoms with Gasteiger partial charge in [0.25, 0.3) is 0 Å². The van der Waals surface area contributed by atoms with E-state index >= 15 is 0 Å². The van der Waals surface area contributed by atoms with Crippen molar-refractivity contribution in [3.8, 4) is 0 Å². The van der Waals surface area contributed by atoms with Crippen LogP contribution in [0.5, 0.6) is 0 Å². The van der Waals surface area contributed by atoms with Crippen LogP contribution in [0.1, 0.15) is 31.7 Å². The van der Waals surface area contributed by atoms with Gasteiger partial charge in [-0.15, -0.1) is 0 Å². The Balaban J connectivity index is 2.14. The quantitative estimate of drug-likeness (QED) is 0.856. The summed E-state index contributed by atoms with van der Waals surface area (Å²) in [5.74, 6) is -0.587. The molecule has 1 aliphatic heterocycles. The van der Waals surface area contributed by atoms with Crippen LogP contribution in [0.25, 0.3) is 6.08 Å². The van der Waals surface area contributed by atoms with E-state index in [0.29, 0.717) is 5.56 Å². The standard InChI is InChI=1S/C16H20FNO2/c1-2-12-5-7-18(8-6-12)15-10-13(3-4-16(19)20)9-14(17)11-15/h3-4,9-12H,2,5-8H2,1H3,(H,19,20)/b4-3+. The molecule has 4 heteroatoms. The van der Waals surface area contributed by atoms with Gasteiger partial charge in [-0.05, 0) is 48.6 Å². The van der Waals surface area contributed by atoms with E-state index in [0.717, 1.165) is 43.6 Å². The summed E-state index contributed by atoms with van der Waals surface area (Å²) < 4.78 is 13.6. The summed E-state index contributed by atoms with van der Waals surface area (Å²) in [6.07, 6.45) is 5.92. The maximum atomic E-state index is 13.6. The van der Waals surface area contributed by atoms with Crippen LogP contribution in [0, 0.1) is 11.7 Å². The molecule has 1 aromatic rings. The predicted octanol–water partition coefficient (Wildman–Crippen LogP) is 3.55. The molecule has 1 saturated heterocycles. The average Bonchev–Trinajstić information content (AvgIpc) is 2.44. The van der Waals surface area contributed by atoms with Crippen LogP contribution in [0.3, 0.4) is 0 Å². The zero-order valence-corrected chi connectivity index (χ0v) is 11.7. The highest BCUT2D eigenvalue weighted by Gasteiger charge is 2.18. The van der Waals surface area contributed by atoms with E-state index in [1.54, 1.807) is 0 Å². The molecule has 108 valence electrons. The summed E-state index contributed by atoms with van der Waals surface area (Å²) in [4.78, 5) is 12.7. The average molecular weight is 277 g/mol. The number of carbonyl (C=O) groups is 1. The van der Waals surface area contributed by atoms with Crippen molar-refractivity contribution in [3.05, 3.63) is 35.7 Å². The van der Waals surface area contributed by atoms with Crippen LogP contribution in [0.2, 0.25) is 0 Å². The van der Waals surface area contributed by atoms with Crippen molar-refractivity contribution >= 4 is 17.7 Å². The molecule has 0 radical (unpaired) electrons. The first-order chi connectivity index (χ1) is 9.58. The summed E-state index contributed by atoms with van der Waals surface area (Å²) in [7, 11) is 0. The zero-order valence-electron chi connectivity index (χ0n) is 11.7. The highest BCUT2D eigenvalue weighted by atomic mass is 19.1. The molecule has 0 bridgehead atoms. The number of nitrogens with zero attached hydrogens (tertiary/aromatic N) is 1. The van der Waals surface area contributed by atoms with Crippen LogP contribution >= 0.6 is 0 Å². The number of aliphatic carboxylic acids is 1. The minimum atomic E-state index is -1.03. The number of halogens is 1. The molecule has 1 aromatic carbocycles. The molecule has 3 nitrogen and oxygen atoms in total. The van der Waals surface area contributed by atoms with Crippen molar-refractivity contribution in [2.75, 3.05) is 18.0 Å². The normalized spacial score (nSPS) is 16.8. The van der Waals surface area contributed by atoms with E-state index in [1.807, 2.05) is 6.07 Å². The zero-order chi connectivity index (χ0) is 14.5. The summed E-state index contributed by atoms with van der Waals surface area (Å²) in [5.41, 5.74) is 1.42. The van der Waals surface area contributed by atoms with E-state index in [4.69, 9.17) is 5.11 Å². The van der Waals surface area contributed by atoms with E-state index < -0.39 is 5.97 Å². The lowest BCUT2D eigenvalue weighted by molar-refractivity contribution is -0.131. The third kappa shape index (κ3) is 3.83.